The fourth-order valence-electron chi connectivity index (χ4n) is 2.21. The zero-order chi connectivity index (χ0) is 18.5. The number of rotatable bonds is 11. The predicted molar refractivity (Wildman–Crippen MR) is 106 cm³/mol. The molecule has 0 fully saturated rings. The second-order valence-electron chi connectivity index (χ2n) is 5.49. The van der Waals surface area contributed by atoms with Crippen molar-refractivity contribution in [3.63, 3.8) is 0 Å². The van der Waals surface area contributed by atoms with E-state index < -0.39 is 0 Å². The molecule has 1 rings (SSSR count). The molecule has 25 heavy (non-hydrogen) atoms. The number of hydrogen-bond donors (Lipinski definition) is 2. The molecule has 1 aromatic rings. The first-order chi connectivity index (χ1) is 12.2. The highest BCUT2D eigenvalue weighted by molar-refractivity contribution is 9.10. The van der Waals surface area contributed by atoms with Gasteiger partial charge in [-0.2, -0.15) is 0 Å². The van der Waals surface area contributed by atoms with E-state index in [4.69, 9.17) is 14.2 Å². The number of unbranched alkanes of at least 4 members (excludes halogenated alkanes) is 1. The maximum absolute atomic E-state index is 5.55. The normalized spacial score (nSPS) is 11.3. The molecule has 2 N–H and O–H groups in total. The summed E-state index contributed by atoms with van der Waals surface area (Å²) in [5.41, 5.74) is 1.07. The number of nitrogens with one attached hydrogen (secondary N) is 2. The van der Waals surface area contributed by atoms with Gasteiger partial charge in [0.1, 0.15) is 0 Å². The largest absolute Gasteiger partial charge is 0.493 e. The van der Waals surface area contributed by atoms with Crippen molar-refractivity contribution in [2.24, 2.45) is 4.99 Å². The summed E-state index contributed by atoms with van der Waals surface area (Å²) in [7, 11) is 5.01. The minimum absolute atomic E-state index is 0.631. The van der Waals surface area contributed by atoms with Gasteiger partial charge in [-0.25, -0.2) is 0 Å². The molecule has 0 amide bonds. The van der Waals surface area contributed by atoms with E-state index in [1.807, 2.05) is 12.1 Å². The Labute approximate surface area is 159 Å². The van der Waals surface area contributed by atoms with E-state index in [1.165, 1.54) is 6.42 Å². The van der Waals surface area contributed by atoms with Crippen LogP contribution >= 0.6 is 15.9 Å². The third kappa shape index (κ3) is 7.96. The van der Waals surface area contributed by atoms with Crippen molar-refractivity contribution >= 4 is 21.9 Å². The molecule has 0 radical (unpaired) electrons. The summed E-state index contributed by atoms with van der Waals surface area (Å²) < 4.78 is 17.1. The number of hydrogen-bond acceptors (Lipinski definition) is 4. The van der Waals surface area contributed by atoms with Crippen molar-refractivity contribution in [2.75, 3.05) is 41.0 Å². The van der Waals surface area contributed by atoms with Crippen LogP contribution in [0.15, 0.2) is 21.6 Å². The molecule has 0 bridgehead atoms. The van der Waals surface area contributed by atoms with Gasteiger partial charge in [0.25, 0.3) is 0 Å². The van der Waals surface area contributed by atoms with E-state index in [0.717, 1.165) is 48.6 Å². The zero-order valence-electron chi connectivity index (χ0n) is 15.7. The minimum atomic E-state index is 0.631. The van der Waals surface area contributed by atoms with Gasteiger partial charge in [0.05, 0.1) is 18.7 Å². The molecular weight excluding hydrogens is 386 g/mol. The van der Waals surface area contributed by atoms with Crippen LogP contribution in [0.25, 0.3) is 0 Å². The molecule has 0 aliphatic rings. The topological polar surface area (TPSA) is 64.1 Å². The lowest BCUT2D eigenvalue weighted by Gasteiger charge is -2.14. The van der Waals surface area contributed by atoms with Crippen LogP contribution in [-0.4, -0.2) is 47.0 Å². The van der Waals surface area contributed by atoms with Gasteiger partial charge in [0, 0.05) is 33.4 Å². The Kier molecular flexibility index (Phi) is 11.1. The summed E-state index contributed by atoms with van der Waals surface area (Å²) in [6, 6.07) is 3.95. The summed E-state index contributed by atoms with van der Waals surface area (Å²) in [4.78, 5) is 4.24. The molecule has 0 aliphatic carbocycles. The quantitative estimate of drug-likeness (QED) is 0.329. The molecule has 1 aromatic carbocycles. The standard InChI is InChI=1S/C18H30BrN3O3/c1-5-6-9-25-10-7-8-21-18(20-2)22-13-14-11-15(19)17(24-4)16(12-14)23-3/h11-12H,5-10,13H2,1-4H3,(H2,20,21,22). The van der Waals surface area contributed by atoms with Gasteiger partial charge in [-0.3, -0.25) is 4.99 Å². The van der Waals surface area contributed by atoms with Gasteiger partial charge in [-0.15, -0.1) is 0 Å². The Bertz CT molecular complexity index is 539. The number of guanidine groups is 1. The minimum Gasteiger partial charge on any atom is -0.493 e. The Morgan fingerprint density at radius 3 is 2.52 bits per heavy atom. The van der Waals surface area contributed by atoms with Crippen molar-refractivity contribution in [3.05, 3.63) is 22.2 Å². The highest BCUT2D eigenvalue weighted by Gasteiger charge is 2.10. The molecule has 0 aromatic heterocycles. The number of benzene rings is 1. The first-order valence-electron chi connectivity index (χ1n) is 8.58. The maximum Gasteiger partial charge on any atom is 0.191 e. The van der Waals surface area contributed by atoms with E-state index in [0.29, 0.717) is 18.0 Å². The maximum atomic E-state index is 5.55. The van der Waals surface area contributed by atoms with E-state index >= 15 is 0 Å². The Hall–Kier alpha value is -1.47. The second-order valence-corrected chi connectivity index (χ2v) is 6.34. The van der Waals surface area contributed by atoms with Gasteiger partial charge in [0.15, 0.2) is 17.5 Å². The van der Waals surface area contributed by atoms with E-state index in [1.54, 1.807) is 21.3 Å². The van der Waals surface area contributed by atoms with Crippen molar-refractivity contribution in [1.29, 1.82) is 0 Å². The SMILES string of the molecule is CCCCOCCCNC(=NC)NCc1cc(Br)c(OC)c(OC)c1. The smallest absolute Gasteiger partial charge is 0.191 e. The number of nitrogens with zero attached hydrogens (tertiary/aromatic N) is 1. The van der Waals surface area contributed by atoms with Gasteiger partial charge in [-0.05, 0) is 46.5 Å². The highest BCUT2D eigenvalue weighted by Crippen LogP contribution is 2.36. The van der Waals surface area contributed by atoms with Gasteiger partial charge >= 0.3 is 0 Å². The van der Waals surface area contributed by atoms with Crippen molar-refractivity contribution < 1.29 is 14.2 Å². The molecule has 0 spiro atoms. The van der Waals surface area contributed by atoms with Crippen LogP contribution in [0.2, 0.25) is 0 Å². The predicted octanol–water partition coefficient (Wildman–Crippen LogP) is 3.34. The van der Waals surface area contributed by atoms with Crippen LogP contribution in [0.4, 0.5) is 0 Å². The molecule has 0 aliphatic heterocycles. The monoisotopic (exact) mass is 415 g/mol. The Morgan fingerprint density at radius 2 is 1.88 bits per heavy atom. The third-order valence-corrected chi connectivity index (χ3v) is 4.17. The van der Waals surface area contributed by atoms with Crippen LogP contribution in [-0.2, 0) is 11.3 Å². The molecule has 7 heteroatoms. The lowest BCUT2D eigenvalue weighted by atomic mass is 10.2. The van der Waals surface area contributed by atoms with Gasteiger partial charge in [-0.1, -0.05) is 13.3 Å². The van der Waals surface area contributed by atoms with Crippen LogP contribution in [0, 0.1) is 0 Å². The van der Waals surface area contributed by atoms with Crippen LogP contribution in [0.5, 0.6) is 11.5 Å². The number of ether oxygens (including phenoxy) is 3. The first kappa shape index (κ1) is 21.6. The Morgan fingerprint density at radius 1 is 1.12 bits per heavy atom. The van der Waals surface area contributed by atoms with Crippen LogP contribution < -0.4 is 20.1 Å². The number of halogens is 1. The van der Waals surface area contributed by atoms with Crippen LogP contribution in [0.1, 0.15) is 31.7 Å². The van der Waals surface area contributed by atoms with Crippen molar-refractivity contribution in [1.82, 2.24) is 10.6 Å². The molecule has 6 nitrogen and oxygen atoms in total. The summed E-state index contributed by atoms with van der Waals surface area (Å²) in [6.45, 7) is 5.23. The van der Waals surface area contributed by atoms with Crippen molar-refractivity contribution in [2.45, 2.75) is 32.7 Å². The summed E-state index contributed by atoms with van der Waals surface area (Å²) >= 11 is 3.51. The fourth-order valence-corrected chi connectivity index (χ4v) is 2.86. The molecule has 0 atom stereocenters. The van der Waals surface area contributed by atoms with E-state index in [9.17, 15) is 0 Å². The summed E-state index contributed by atoms with van der Waals surface area (Å²) in [5.74, 6) is 2.15. The second kappa shape index (κ2) is 12.8. The average molecular weight is 416 g/mol. The zero-order valence-corrected chi connectivity index (χ0v) is 17.2. The van der Waals surface area contributed by atoms with Crippen LogP contribution in [0.3, 0.4) is 0 Å². The highest BCUT2D eigenvalue weighted by atomic mass is 79.9. The summed E-state index contributed by atoms with van der Waals surface area (Å²) in [6.07, 6.45) is 3.24. The number of methoxy groups -OCH3 is 2. The lowest BCUT2D eigenvalue weighted by molar-refractivity contribution is 0.129. The fraction of sp³-hybridized carbons (Fsp3) is 0.611. The molecule has 0 unspecified atom stereocenters. The molecule has 0 heterocycles. The molecule has 0 saturated heterocycles. The Balaban J connectivity index is 2.41. The van der Waals surface area contributed by atoms with Gasteiger partial charge in [0.2, 0.25) is 0 Å². The van der Waals surface area contributed by atoms with E-state index in [2.05, 4.69) is 38.5 Å². The third-order valence-electron chi connectivity index (χ3n) is 3.58. The average Bonchev–Trinajstić information content (AvgIpc) is 2.62. The first-order valence-corrected chi connectivity index (χ1v) is 9.38. The molecular formula is C18H30BrN3O3. The molecule has 142 valence electrons. The van der Waals surface area contributed by atoms with Gasteiger partial charge < -0.3 is 24.8 Å². The van der Waals surface area contributed by atoms with Crippen molar-refractivity contribution in [3.8, 4) is 11.5 Å². The summed E-state index contributed by atoms with van der Waals surface area (Å²) in [5, 5.41) is 6.58. The van der Waals surface area contributed by atoms with E-state index in [-0.39, 0.29) is 0 Å². The lowest BCUT2D eigenvalue weighted by Crippen LogP contribution is -2.37. The molecule has 0 saturated carbocycles. The number of aliphatic imine (C=N–C) groups is 1.